The minimum Gasteiger partial charge on any atom is -0.504 e. The summed E-state index contributed by atoms with van der Waals surface area (Å²) in [6.45, 7) is 0.121. The van der Waals surface area contributed by atoms with Gasteiger partial charge in [0.2, 0.25) is 5.88 Å². The van der Waals surface area contributed by atoms with E-state index < -0.39 is 0 Å². The van der Waals surface area contributed by atoms with Crippen molar-refractivity contribution in [1.82, 2.24) is 4.98 Å². The highest BCUT2D eigenvalue weighted by molar-refractivity contribution is 6.42. The maximum Gasteiger partial charge on any atom is 0.222 e. The third-order valence-corrected chi connectivity index (χ3v) is 5.05. The maximum absolute atomic E-state index is 9.91. The van der Waals surface area contributed by atoms with Gasteiger partial charge in [-0.3, -0.25) is 0 Å². The lowest BCUT2D eigenvalue weighted by atomic mass is 10.0. The number of rotatable bonds is 3. The molecule has 4 rings (SSSR count). The molecule has 4 aromatic rings. The van der Waals surface area contributed by atoms with E-state index >= 15 is 0 Å². The van der Waals surface area contributed by atoms with Crippen molar-refractivity contribution in [3.63, 3.8) is 0 Å². The molecule has 1 heterocycles. The Kier molecular flexibility index (Phi) is 4.45. The van der Waals surface area contributed by atoms with Gasteiger partial charge in [-0.05, 0) is 35.9 Å². The lowest BCUT2D eigenvalue weighted by Crippen LogP contribution is -1.99. The van der Waals surface area contributed by atoms with E-state index in [1.807, 2.05) is 0 Å². The number of phenolic OH excluding ortho intramolecular Hbond substituents is 4. The molecule has 0 atom stereocenters. The molecule has 0 fully saturated rings. The summed E-state index contributed by atoms with van der Waals surface area (Å²) in [7, 11) is 0. The van der Waals surface area contributed by atoms with Crippen molar-refractivity contribution in [3.8, 4) is 28.9 Å². The molecule has 0 saturated carbocycles. The number of ether oxygens (including phenoxy) is 1. The van der Waals surface area contributed by atoms with Crippen LogP contribution in [-0.2, 0) is 6.61 Å². The van der Waals surface area contributed by atoms with Gasteiger partial charge in [0.15, 0.2) is 23.0 Å². The van der Waals surface area contributed by atoms with Gasteiger partial charge in [-0.2, -0.15) is 0 Å². The first-order valence-corrected chi connectivity index (χ1v) is 8.87. The van der Waals surface area contributed by atoms with Crippen LogP contribution in [-0.4, -0.2) is 25.4 Å². The second-order valence-electron chi connectivity index (χ2n) is 6.20. The van der Waals surface area contributed by atoms with Crippen molar-refractivity contribution in [2.45, 2.75) is 6.61 Å². The first-order chi connectivity index (χ1) is 13.3. The van der Waals surface area contributed by atoms with E-state index in [0.717, 1.165) is 5.56 Å². The highest BCUT2D eigenvalue weighted by Gasteiger charge is 2.15. The van der Waals surface area contributed by atoms with Crippen LogP contribution in [0.15, 0.2) is 42.5 Å². The molecule has 0 bridgehead atoms. The number of benzene rings is 3. The summed E-state index contributed by atoms with van der Waals surface area (Å²) < 4.78 is 5.82. The predicted molar refractivity (Wildman–Crippen MR) is 107 cm³/mol. The predicted octanol–water partition coefficient (Wildman–Crippen LogP) is 5.10. The molecule has 6 nitrogen and oxygen atoms in total. The summed E-state index contributed by atoms with van der Waals surface area (Å²) in [5.74, 6) is -1.15. The molecule has 0 unspecified atom stereocenters. The summed E-state index contributed by atoms with van der Waals surface area (Å²) in [6, 6.07) is 10.4. The Morgan fingerprint density at radius 3 is 2.00 bits per heavy atom. The van der Waals surface area contributed by atoms with Gasteiger partial charge in [-0.1, -0.05) is 29.3 Å². The fourth-order valence-electron chi connectivity index (χ4n) is 2.91. The van der Waals surface area contributed by atoms with Gasteiger partial charge < -0.3 is 25.2 Å². The molecule has 0 amide bonds. The Morgan fingerprint density at radius 1 is 0.714 bits per heavy atom. The van der Waals surface area contributed by atoms with E-state index in [1.54, 1.807) is 18.2 Å². The van der Waals surface area contributed by atoms with E-state index in [4.69, 9.17) is 27.9 Å². The number of pyridine rings is 1. The minimum atomic E-state index is -0.337. The largest absolute Gasteiger partial charge is 0.504 e. The monoisotopic (exact) mass is 417 g/mol. The number of phenols is 4. The Hall–Kier alpha value is -3.09. The van der Waals surface area contributed by atoms with E-state index in [9.17, 15) is 20.4 Å². The number of hydrogen-bond acceptors (Lipinski definition) is 6. The van der Waals surface area contributed by atoms with Crippen molar-refractivity contribution >= 4 is 44.9 Å². The zero-order chi connectivity index (χ0) is 20.0. The van der Waals surface area contributed by atoms with Gasteiger partial charge in [0.1, 0.15) is 6.61 Å². The highest BCUT2D eigenvalue weighted by atomic mass is 35.5. The van der Waals surface area contributed by atoms with Crippen molar-refractivity contribution in [1.29, 1.82) is 0 Å². The molecule has 28 heavy (non-hydrogen) atoms. The fourth-order valence-corrected chi connectivity index (χ4v) is 3.23. The van der Waals surface area contributed by atoms with Crippen molar-refractivity contribution in [3.05, 3.63) is 58.1 Å². The van der Waals surface area contributed by atoms with E-state index in [1.165, 1.54) is 24.3 Å². The fraction of sp³-hybridized carbons (Fsp3) is 0.0500. The van der Waals surface area contributed by atoms with Gasteiger partial charge >= 0.3 is 0 Å². The first-order valence-electron chi connectivity index (χ1n) is 8.11. The van der Waals surface area contributed by atoms with Crippen LogP contribution >= 0.6 is 23.2 Å². The molecule has 0 radical (unpaired) electrons. The van der Waals surface area contributed by atoms with Crippen molar-refractivity contribution < 1.29 is 25.2 Å². The van der Waals surface area contributed by atoms with Gasteiger partial charge in [0, 0.05) is 22.2 Å². The molecular weight excluding hydrogens is 405 g/mol. The average molecular weight is 418 g/mol. The van der Waals surface area contributed by atoms with Gasteiger partial charge in [-0.25, -0.2) is 4.98 Å². The number of aromatic nitrogens is 1. The Labute approximate surface area is 168 Å². The Bertz CT molecular complexity index is 1240. The second-order valence-corrected chi connectivity index (χ2v) is 7.01. The lowest BCUT2D eigenvalue weighted by molar-refractivity contribution is 0.299. The number of halogens is 2. The van der Waals surface area contributed by atoms with E-state index in [2.05, 4.69) is 4.98 Å². The summed E-state index contributed by atoms with van der Waals surface area (Å²) in [4.78, 5) is 4.39. The van der Waals surface area contributed by atoms with Crippen LogP contribution in [0.25, 0.3) is 21.7 Å². The molecular formula is C20H13Cl2NO5. The van der Waals surface area contributed by atoms with Crippen LogP contribution in [0.1, 0.15) is 5.56 Å². The van der Waals surface area contributed by atoms with Crippen LogP contribution in [0.5, 0.6) is 28.9 Å². The smallest absolute Gasteiger partial charge is 0.222 e. The normalized spacial score (nSPS) is 11.2. The maximum atomic E-state index is 9.91. The number of aromatic hydroxyl groups is 4. The number of fused-ring (bicyclic) bond motifs is 3. The molecule has 4 N–H and O–H groups in total. The molecule has 3 aromatic carbocycles. The average Bonchev–Trinajstić information content (AvgIpc) is 2.65. The van der Waals surface area contributed by atoms with Crippen LogP contribution in [0.3, 0.4) is 0 Å². The molecule has 0 aliphatic rings. The first kappa shape index (κ1) is 18.3. The standard InChI is InChI=1S/C20H13Cl2NO5/c21-13-2-1-9(3-14(13)22)8-28-20-12-6-18(26)16(24)4-10(12)11-5-17(25)19(27)7-15(11)23-20/h1-7,24-27H,8H2. The van der Waals surface area contributed by atoms with Crippen LogP contribution < -0.4 is 4.74 Å². The third-order valence-electron chi connectivity index (χ3n) is 4.31. The zero-order valence-corrected chi connectivity index (χ0v) is 15.7. The molecule has 0 aliphatic carbocycles. The molecule has 0 aliphatic heterocycles. The van der Waals surface area contributed by atoms with Crippen LogP contribution in [0.2, 0.25) is 10.0 Å². The zero-order valence-electron chi connectivity index (χ0n) is 14.1. The van der Waals surface area contributed by atoms with Gasteiger partial charge in [-0.15, -0.1) is 0 Å². The van der Waals surface area contributed by atoms with Gasteiger partial charge in [0.25, 0.3) is 0 Å². The minimum absolute atomic E-state index is 0.121. The highest BCUT2D eigenvalue weighted by Crippen LogP contribution is 2.41. The van der Waals surface area contributed by atoms with E-state index in [0.29, 0.717) is 31.7 Å². The quantitative estimate of drug-likeness (QED) is 0.273. The Balaban J connectivity index is 1.86. The van der Waals surface area contributed by atoms with Crippen molar-refractivity contribution in [2.24, 2.45) is 0 Å². The van der Waals surface area contributed by atoms with E-state index in [-0.39, 0.29) is 35.5 Å². The lowest BCUT2D eigenvalue weighted by Gasteiger charge is -2.13. The summed E-state index contributed by atoms with van der Waals surface area (Å²) in [6.07, 6.45) is 0. The summed E-state index contributed by atoms with van der Waals surface area (Å²) >= 11 is 11.9. The van der Waals surface area contributed by atoms with Crippen LogP contribution in [0.4, 0.5) is 0 Å². The molecule has 1 aromatic heterocycles. The summed E-state index contributed by atoms with van der Waals surface area (Å²) in [5, 5.41) is 41.6. The topological polar surface area (TPSA) is 103 Å². The molecule has 0 spiro atoms. The van der Waals surface area contributed by atoms with Crippen LogP contribution in [0, 0.1) is 0 Å². The second kappa shape index (κ2) is 6.82. The van der Waals surface area contributed by atoms with Crippen molar-refractivity contribution in [2.75, 3.05) is 0 Å². The SMILES string of the molecule is Oc1cc2nc(OCc3ccc(Cl)c(Cl)c3)c3cc(O)c(O)cc3c2cc1O. The Morgan fingerprint density at radius 2 is 1.32 bits per heavy atom. The molecule has 142 valence electrons. The summed E-state index contributed by atoms with van der Waals surface area (Å²) in [5.41, 5.74) is 1.10. The third kappa shape index (κ3) is 3.17. The van der Waals surface area contributed by atoms with Gasteiger partial charge in [0.05, 0.1) is 15.6 Å². The number of nitrogens with zero attached hydrogens (tertiary/aromatic N) is 1. The molecule has 8 heteroatoms. The number of hydrogen-bond donors (Lipinski definition) is 4. The molecule has 0 saturated heterocycles.